The Morgan fingerprint density at radius 2 is 2.20 bits per heavy atom. The second-order valence-electron chi connectivity index (χ2n) is 5.82. The minimum absolute atomic E-state index is 0.0303. The number of nitrogens with one attached hydrogen (secondary N) is 1. The lowest BCUT2D eigenvalue weighted by Crippen LogP contribution is -2.63. The number of hydrogen-bond acceptors (Lipinski definition) is 5. The van der Waals surface area contributed by atoms with Crippen LogP contribution in [0.5, 0.6) is 0 Å². The van der Waals surface area contributed by atoms with Gasteiger partial charge in [0.15, 0.2) is 0 Å². The van der Waals surface area contributed by atoms with Crippen LogP contribution in [-0.4, -0.2) is 45.6 Å². The van der Waals surface area contributed by atoms with Gasteiger partial charge in [0.1, 0.15) is 4.88 Å². The average Bonchev–Trinajstić information content (AvgIpc) is 2.96. The SMILES string of the molecule is CCc1nnsc1C(=O)N1CCNCC12CCCCC2. The molecule has 2 aliphatic rings. The highest BCUT2D eigenvalue weighted by atomic mass is 32.1. The predicted octanol–water partition coefficient (Wildman–Crippen LogP) is 1.85. The van der Waals surface area contributed by atoms with Crippen LogP contribution in [0.4, 0.5) is 0 Å². The van der Waals surface area contributed by atoms with E-state index in [1.807, 2.05) is 6.92 Å². The zero-order valence-corrected chi connectivity index (χ0v) is 12.8. The van der Waals surface area contributed by atoms with Gasteiger partial charge in [-0.1, -0.05) is 30.7 Å². The molecule has 1 aliphatic carbocycles. The van der Waals surface area contributed by atoms with Crippen LogP contribution in [0.15, 0.2) is 0 Å². The molecule has 0 unspecified atom stereocenters. The zero-order chi connectivity index (χ0) is 14.0. The van der Waals surface area contributed by atoms with Crippen LogP contribution in [0.25, 0.3) is 0 Å². The molecule has 6 heteroatoms. The van der Waals surface area contributed by atoms with Crippen LogP contribution in [0.2, 0.25) is 0 Å². The van der Waals surface area contributed by atoms with Gasteiger partial charge in [-0.3, -0.25) is 4.79 Å². The Morgan fingerprint density at radius 3 is 2.95 bits per heavy atom. The number of piperazine rings is 1. The summed E-state index contributed by atoms with van der Waals surface area (Å²) in [6.45, 7) is 4.66. The monoisotopic (exact) mass is 294 g/mol. The van der Waals surface area contributed by atoms with E-state index in [0.717, 1.165) is 49.5 Å². The van der Waals surface area contributed by atoms with Gasteiger partial charge in [0.25, 0.3) is 5.91 Å². The van der Waals surface area contributed by atoms with Gasteiger partial charge >= 0.3 is 0 Å². The van der Waals surface area contributed by atoms with Gasteiger partial charge in [-0.05, 0) is 30.8 Å². The first-order valence-corrected chi connectivity index (χ1v) is 8.38. The Bertz CT molecular complexity index is 473. The maximum atomic E-state index is 12.9. The smallest absolute Gasteiger partial charge is 0.268 e. The molecule has 1 aliphatic heterocycles. The summed E-state index contributed by atoms with van der Waals surface area (Å²) >= 11 is 1.25. The van der Waals surface area contributed by atoms with E-state index in [2.05, 4.69) is 19.8 Å². The van der Waals surface area contributed by atoms with Crippen molar-refractivity contribution in [2.24, 2.45) is 0 Å². The van der Waals surface area contributed by atoms with Crippen LogP contribution in [-0.2, 0) is 6.42 Å². The van der Waals surface area contributed by atoms with Gasteiger partial charge in [0, 0.05) is 19.6 Å². The fraction of sp³-hybridized carbons (Fsp3) is 0.786. The fourth-order valence-corrected chi connectivity index (χ4v) is 4.24. The second-order valence-corrected chi connectivity index (χ2v) is 6.57. The summed E-state index contributed by atoms with van der Waals surface area (Å²) in [6.07, 6.45) is 6.78. The highest BCUT2D eigenvalue weighted by molar-refractivity contribution is 7.08. The van der Waals surface area contributed by atoms with Crippen LogP contribution >= 0.6 is 11.5 Å². The van der Waals surface area contributed by atoms with E-state index in [-0.39, 0.29) is 11.4 Å². The fourth-order valence-electron chi connectivity index (χ4n) is 3.54. The highest BCUT2D eigenvalue weighted by Crippen LogP contribution is 2.36. The van der Waals surface area contributed by atoms with Crippen molar-refractivity contribution in [2.75, 3.05) is 19.6 Å². The van der Waals surface area contributed by atoms with E-state index in [0.29, 0.717) is 0 Å². The minimum atomic E-state index is 0.0303. The number of hydrogen-bond donors (Lipinski definition) is 1. The number of amides is 1. The summed E-state index contributed by atoms with van der Waals surface area (Å²) in [5, 5.41) is 7.57. The van der Waals surface area contributed by atoms with Crippen molar-refractivity contribution in [1.82, 2.24) is 19.8 Å². The van der Waals surface area contributed by atoms with Crippen LogP contribution in [0.3, 0.4) is 0 Å². The molecule has 0 bridgehead atoms. The van der Waals surface area contributed by atoms with Crippen molar-refractivity contribution in [3.63, 3.8) is 0 Å². The molecule has 0 atom stereocenters. The molecule has 20 heavy (non-hydrogen) atoms. The summed E-state index contributed by atoms with van der Waals surface area (Å²) in [5.74, 6) is 0.153. The van der Waals surface area contributed by atoms with Crippen molar-refractivity contribution in [3.05, 3.63) is 10.6 Å². The summed E-state index contributed by atoms with van der Waals surface area (Å²) < 4.78 is 3.97. The third-order valence-electron chi connectivity index (χ3n) is 4.65. The molecule has 1 saturated carbocycles. The predicted molar refractivity (Wildman–Crippen MR) is 79.0 cm³/mol. The summed E-state index contributed by atoms with van der Waals surface area (Å²) in [5.41, 5.74) is 0.882. The van der Waals surface area contributed by atoms with Crippen molar-refractivity contribution < 1.29 is 4.79 Å². The number of rotatable bonds is 2. The lowest BCUT2D eigenvalue weighted by atomic mass is 9.79. The standard InChI is InChI=1S/C14H22N4OS/c1-2-11-12(20-17-16-11)13(19)18-9-8-15-10-14(18)6-4-3-5-7-14/h15H,2-10H2,1H3. The van der Waals surface area contributed by atoms with Crippen LogP contribution in [0.1, 0.15) is 54.4 Å². The molecule has 0 aromatic carbocycles. The molecule has 1 N–H and O–H groups in total. The summed E-state index contributed by atoms with van der Waals surface area (Å²) in [4.78, 5) is 15.8. The lowest BCUT2D eigenvalue weighted by molar-refractivity contribution is 0.0226. The number of aryl methyl sites for hydroxylation is 1. The van der Waals surface area contributed by atoms with Crippen LogP contribution < -0.4 is 5.32 Å². The van der Waals surface area contributed by atoms with Gasteiger partial charge in [0.2, 0.25) is 0 Å². The molecule has 1 aromatic rings. The number of carbonyl (C=O) groups excluding carboxylic acids is 1. The third kappa shape index (κ3) is 2.35. The lowest BCUT2D eigenvalue weighted by Gasteiger charge is -2.49. The Hall–Kier alpha value is -1.01. The van der Waals surface area contributed by atoms with E-state index in [1.165, 1.54) is 30.8 Å². The molecule has 3 rings (SSSR count). The van der Waals surface area contributed by atoms with E-state index < -0.39 is 0 Å². The van der Waals surface area contributed by atoms with E-state index >= 15 is 0 Å². The normalized spacial score (nSPS) is 22.1. The molecule has 5 nitrogen and oxygen atoms in total. The first-order valence-electron chi connectivity index (χ1n) is 7.61. The maximum Gasteiger partial charge on any atom is 0.268 e. The molecule has 2 fully saturated rings. The maximum absolute atomic E-state index is 12.9. The third-order valence-corrected chi connectivity index (χ3v) is 5.41. The molecule has 110 valence electrons. The van der Waals surface area contributed by atoms with Gasteiger partial charge in [0.05, 0.1) is 11.2 Å². The Morgan fingerprint density at radius 1 is 1.40 bits per heavy atom. The number of carbonyl (C=O) groups is 1. The van der Waals surface area contributed by atoms with Crippen molar-refractivity contribution in [2.45, 2.75) is 51.0 Å². The minimum Gasteiger partial charge on any atom is -0.330 e. The summed E-state index contributed by atoms with van der Waals surface area (Å²) in [6, 6.07) is 0. The topological polar surface area (TPSA) is 58.1 Å². The zero-order valence-electron chi connectivity index (χ0n) is 12.0. The van der Waals surface area contributed by atoms with Crippen LogP contribution in [0, 0.1) is 0 Å². The van der Waals surface area contributed by atoms with Gasteiger partial charge in [-0.25, -0.2) is 0 Å². The van der Waals surface area contributed by atoms with Crippen molar-refractivity contribution in [1.29, 1.82) is 0 Å². The molecular weight excluding hydrogens is 272 g/mol. The van der Waals surface area contributed by atoms with E-state index in [4.69, 9.17) is 0 Å². The highest BCUT2D eigenvalue weighted by Gasteiger charge is 2.43. The number of aromatic nitrogens is 2. The molecule has 0 radical (unpaired) electrons. The summed E-state index contributed by atoms with van der Waals surface area (Å²) in [7, 11) is 0. The molecular formula is C14H22N4OS. The van der Waals surface area contributed by atoms with E-state index in [9.17, 15) is 4.79 Å². The molecule has 2 heterocycles. The second kappa shape index (κ2) is 5.77. The van der Waals surface area contributed by atoms with E-state index in [1.54, 1.807) is 0 Å². The first kappa shape index (κ1) is 13.9. The largest absolute Gasteiger partial charge is 0.330 e. The van der Waals surface area contributed by atoms with Crippen molar-refractivity contribution in [3.8, 4) is 0 Å². The van der Waals surface area contributed by atoms with Crippen molar-refractivity contribution >= 4 is 17.4 Å². The first-order chi connectivity index (χ1) is 9.77. The molecule has 1 saturated heterocycles. The van der Waals surface area contributed by atoms with Gasteiger partial charge < -0.3 is 10.2 Å². The number of nitrogens with zero attached hydrogens (tertiary/aromatic N) is 3. The average molecular weight is 294 g/mol. The molecule has 1 aromatic heterocycles. The van der Waals surface area contributed by atoms with Gasteiger partial charge in [-0.15, -0.1) is 5.10 Å². The Labute approximate surface area is 123 Å². The Kier molecular flexibility index (Phi) is 4.03. The molecule has 1 amide bonds. The molecule has 1 spiro atoms. The quantitative estimate of drug-likeness (QED) is 0.904. The Balaban J connectivity index is 1.88. The van der Waals surface area contributed by atoms with Gasteiger partial charge in [-0.2, -0.15) is 0 Å².